The third-order valence-corrected chi connectivity index (χ3v) is 5.84. The molecule has 1 aliphatic rings. The SMILES string of the molecule is CN1CCN(S(=O)(=O)Cc2ccccc2N)CC1(C)C. The number of sulfonamides is 1. The Kier molecular flexibility index (Phi) is 4.09. The summed E-state index contributed by atoms with van der Waals surface area (Å²) in [4.78, 5) is 2.19. The van der Waals surface area contributed by atoms with Crippen molar-refractivity contribution in [3.63, 3.8) is 0 Å². The second-order valence-corrected chi connectivity index (χ2v) is 7.99. The molecule has 0 amide bonds. The molecular formula is C14H23N3O2S. The van der Waals surface area contributed by atoms with Gasteiger partial charge in [-0.05, 0) is 32.5 Å². The van der Waals surface area contributed by atoms with Gasteiger partial charge in [-0.2, -0.15) is 4.31 Å². The summed E-state index contributed by atoms with van der Waals surface area (Å²) >= 11 is 0. The van der Waals surface area contributed by atoms with E-state index in [1.807, 2.05) is 19.2 Å². The predicted octanol–water partition coefficient (Wildman–Crippen LogP) is 1.12. The number of likely N-dealkylation sites (N-methyl/N-ethyl adjacent to an activating group) is 1. The van der Waals surface area contributed by atoms with Crippen LogP contribution in [0.4, 0.5) is 5.69 Å². The number of nitrogens with zero attached hydrogens (tertiary/aromatic N) is 2. The average Bonchev–Trinajstić information content (AvgIpc) is 2.35. The molecule has 6 heteroatoms. The lowest BCUT2D eigenvalue weighted by Gasteiger charge is -2.44. The molecule has 0 atom stereocenters. The third-order valence-electron chi connectivity index (χ3n) is 4.07. The zero-order chi connectivity index (χ0) is 15.0. The summed E-state index contributed by atoms with van der Waals surface area (Å²) in [5.41, 5.74) is 6.90. The van der Waals surface area contributed by atoms with Crippen molar-refractivity contribution >= 4 is 15.7 Å². The Morgan fingerprint density at radius 1 is 1.25 bits per heavy atom. The summed E-state index contributed by atoms with van der Waals surface area (Å²) in [6.45, 7) is 5.92. The highest BCUT2D eigenvalue weighted by molar-refractivity contribution is 7.88. The van der Waals surface area contributed by atoms with Gasteiger partial charge in [-0.1, -0.05) is 18.2 Å². The number of rotatable bonds is 3. The fourth-order valence-corrected chi connectivity index (χ4v) is 4.10. The van der Waals surface area contributed by atoms with Crippen LogP contribution in [-0.2, 0) is 15.8 Å². The maximum absolute atomic E-state index is 12.6. The standard InChI is InChI=1S/C14H23N3O2S/c1-14(2)11-17(9-8-16(14)3)20(18,19)10-12-6-4-5-7-13(12)15/h4-7H,8-11,15H2,1-3H3. The van der Waals surface area contributed by atoms with E-state index >= 15 is 0 Å². The van der Waals surface area contributed by atoms with Crippen LogP contribution in [0.15, 0.2) is 24.3 Å². The maximum Gasteiger partial charge on any atom is 0.218 e. The minimum Gasteiger partial charge on any atom is -0.398 e. The Bertz CT molecular complexity index is 584. The van der Waals surface area contributed by atoms with Gasteiger partial charge in [0.15, 0.2) is 0 Å². The molecule has 0 aliphatic carbocycles. The molecule has 0 spiro atoms. The van der Waals surface area contributed by atoms with E-state index in [9.17, 15) is 8.42 Å². The van der Waals surface area contributed by atoms with Crippen molar-refractivity contribution in [2.75, 3.05) is 32.4 Å². The van der Waals surface area contributed by atoms with E-state index in [2.05, 4.69) is 18.7 Å². The van der Waals surface area contributed by atoms with Gasteiger partial charge >= 0.3 is 0 Å². The van der Waals surface area contributed by atoms with Gasteiger partial charge in [-0.15, -0.1) is 0 Å². The molecule has 0 aromatic heterocycles. The van der Waals surface area contributed by atoms with Crippen molar-refractivity contribution in [3.05, 3.63) is 29.8 Å². The smallest absolute Gasteiger partial charge is 0.218 e. The van der Waals surface area contributed by atoms with Crippen LogP contribution in [0.5, 0.6) is 0 Å². The van der Waals surface area contributed by atoms with E-state index in [0.717, 1.165) is 6.54 Å². The van der Waals surface area contributed by atoms with Gasteiger partial charge in [-0.25, -0.2) is 8.42 Å². The highest BCUT2D eigenvalue weighted by Gasteiger charge is 2.36. The van der Waals surface area contributed by atoms with Crippen LogP contribution in [0.2, 0.25) is 0 Å². The van der Waals surface area contributed by atoms with Crippen LogP contribution in [-0.4, -0.2) is 49.8 Å². The van der Waals surface area contributed by atoms with E-state index < -0.39 is 10.0 Å². The van der Waals surface area contributed by atoms with Gasteiger partial charge in [0, 0.05) is 30.9 Å². The number of piperazine rings is 1. The van der Waals surface area contributed by atoms with Crippen molar-refractivity contribution in [2.45, 2.75) is 25.1 Å². The van der Waals surface area contributed by atoms with E-state index in [-0.39, 0.29) is 11.3 Å². The van der Waals surface area contributed by atoms with Gasteiger partial charge in [-0.3, -0.25) is 4.90 Å². The molecule has 0 saturated carbocycles. The number of para-hydroxylation sites is 1. The summed E-state index contributed by atoms with van der Waals surface area (Å²) in [5.74, 6) is -0.0283. The van der Waals surface area contributed by atoms with E-state index in [0.29, 0.717) is 24.3 Å². The summed E-state index contributed by atoms with van der Waals surface area (Å²) in [6.07, 6.45) is 0. The zero-order valence-corrected chi connectivity index (χ0v) is 13.2. The lowest BCUT2D eigenvalue weighted by molar-refractivity contribution is 0.0801. The molecule has 5 nitrogen and oxygen atoms in total. The number of hydrogen-bond acceptors (Lipinski definition) is 4. The molecule has 1 fully saturated rings. The van der Waals surface area contributed by atoms with Crippen LogP contribution in [0.1, 0.15) is 19.4 Å². The Labute approximate surface area is 121 Å². The Morgan fingerprint density at radius 2 is 1.90 bits per heavy atom. The largest absolute Gasteiger partial charge is 0.398 e. The van der Waals surface area contributed by atoms with Crippen LogP contribution < -0.4 is 5.73 Å². The Hall–Kier alpha value is -1.11. The van der Waals surface area contributed by atoms with E-state index in [4.69, 9.17) is 5.73 Å². The van der Waals surface area contributed by atoms with E-state index in [1.54, 1.807) is 16.4 Å². The quantitative estimate of drug-likeness (QED) is 0.849. The first kappa shape index (κ1) is 15.3. The second-order valence-electron chi connectivity index (χ2n) is 6.02. The van der Waals surface area contributed by atoms with Gasteiger partial charge in [0.25, 0.3) is 0 Å². The molecule has 2 rings (SSSR count). The normalized spacial score (nSPS) is 20.9. The van der Waals surface area contributed by atoms with Crippen LogP contribution in [0, 0.1) is 0 Å². The molecule has 0 radical (unpaired) electrons. The molecule has 2 N–H and O–H groups in total. The van der Waals surface area contributed by atoms with Crippen molar-refractivity contribution in [3.8, 4) is 0 Å². The van der Waals surface area contributed by atoms with Crippen LogP contribution in [0.3, 0.4) is 0 Å². The molecule has 1 heterocycles. The number of hydrogen-bond donors (Lipinski definition) is 1. The molecule has 1 saturated heterocycles. The van der Waals surface area contributed by atoms with Crippen molar-refractivity contribution in [1.29, 1.82) is 0 Å². The molecule has 1 aliphatic heterocycles. The number of benzene rings is 1. The molecule has 1 aromatic rings. The van der Waals surface area contributed by atoms with Crippen LogP contribution in [0.25, 0.3) is 0 Å². The third kappa shape index (κ3) is 3.13. The minimum atomic E-state index is -3.33. The summed E-state index contributed by atoms with van der Waals surface area (Å²) in [7, 11) is -1.30. The predicted molar refractivity (Wildman–Crippen MR) is 81.8 cm³/mol. The molecule has 0 unspecified atom stereocenters. The lowest BCUT2D eigenvalue weighted by Crippen LogP contribution is -2.58. The van der Waals surface area contributed by atoms with Crippen LogP contribution >= 0.6 is 0 Å². The summed E-state index contributed by atoms with van der Waals surface area (Å²) in [6, 6.07) is 7.13. The van der Waals surface area contributed by atoms with Gasteiger partial charge in [0.2, 0.25) is 10.0 Å². The number of nitrogens with two attached hydrogens (primary N) is 1. The monoisotopic (exact) mass is 297 g/mol. The van der Waals surface area contributed by atoms with Crippen molar-refractivity contribution in [2.24, 2.45) is 0 Å². The second kappa shape index (κ2) is 5.35. The molecule has 1 aromatic carbocycles. The van der Waals surface area contributed by atoms with E-state index in [1.165, 1.54) is 0 Å². The molecule has 20 heavy (non-hydrogen) atoms. The lowest BCUT2D eigenvalue weighted by atomic mass is 10.0. The average molecular weight is 297 g/mol. The molecule has 112 valence electrons. The van der Waals surface area contributed by atoms with Gasteiger partial charge in [0.1, 0.15) is 0 Å². The maximum atomic E-state index is 12.6. The number of nitrogen functional groups attached to an aromatic ring is 1. The number of anilines is 1. The zero-order valence-electron chi connectivity index (χ0n) is 12.3. The fraction of sp³-hybridized carbons (Fsp3) is 0.571. The Balaban J connectivity index is 2.18. The topological polar surface area (TPSA) is 66.6 Å². The molecule has 0 bridgehead atoms. The summed E-state index contributed by atoms with van der Waals surface area (Å²) in [5, 5.41) is 0. The van der Waals surface area contributed by atoms with Crippen molar-refractivity contribution < 1.29 is 8.42 Å². The molecular weight excluding hydrogens is 274 g/mol. The summed E-state index contributed by atoms with van der Waals surface area (Å²) < 4.78 is 26.7. The first-order chi connectivity index (χ1) is 9.22. The highest BCUT2D eigenvalue weighted by atomic mass is 32.2. The first-order valence-corrected chi connectivity index (χ1v) is 8.36. The van der Waals surface area contributed by atoms with Crippen molar-refractivity contribution in [1.82, 2.24) is 9.21 Å². The van der Waals surface area contributed by atoms with Gasteiger partial charge < -0.3 is 5.73 Å². The first-order valence-electron chi connectivity index (χ1n) is 6.75. The minimum absolute atomic E-state index is 0.0283. The fourth-order valence-electron chi connectivity index (χ4n) is 2.39. The highest BCUT2D eigenvalue weighted by Crippen LogP contribution is 2.24. The Morgan fingerprint density at radius 3 is 2.50 bits per heavy atom. The van der Waals surface area contributed by atoms with Gasteiger partial charge in [0.05, 0.1) is 5.75 Å².